The number of hydrogen-bond donors (Lipinski definition) is 2. The molecule has 0 aliphatic heterocycles. The molecular formula is C13H9FIN3O5S. The van der Waals surface area contributed by atoms with Crippen LogP contribution in [0.1, 0.15) is 5.56 Å². The number of phenolic OH excluding ortho intramolecular Hbond substituents is 1. The Morgan fingerprint density at radius 3 is 2.50 bits per heavy atom. The molecule has 0 saturated heterocycles. The second-order valence-electron chi connectivity index (χ2n) is 4.43. The van der Waals surface area contributed by atoms with Crippen LogP contribution in [0.15, 0.2) is 46.4 Å². The monoisotopic (exact) mass is 465 g/mol. The molecule has 11 heteroatoms. The second-order valence-corrected chi connectivity index (χ2v) is 7.33. The third-order valence-corrected chi connectivity index (χ3v) is 4.64. The fourth-order valence-electron chi connectivity index (χ4n) is 1.67. The number of nitro benzene ring substituents is 1. The molecule has 2 aromatic carbocycles. The molecule has 24 heavy (non-hydrogen) atoms. The maximum absolute atomic E-state index is 12.8. The van der Waals surface area contributed by atoms with Gasteiger partial charge in [0, 0.05) is 15.2 Å². The molecule has 0 aromatic heterocycles. The first-order valence-corrected chi connectivity index (χ1v) is 8.74. The fourth-order valence-corrected chi connectivity index (χ4v) is 3.10. The smallest absolute Gasteiger partial charge is 0.312 e. The minimum absolute atomic E-state index is 0.0320. The lowest BCUT2D eigenvalue weighted by atomic mass is 10.2. The van der Waals surface area contributed by atoms with Crippen LogP contribution < -0.4 is 4.83 Å². The number of hydrogen-bond acceptors (Lipinski definition) is 6. The third kappa shape index (κ3) is 4.17. The Morgan fingerprint density at radius 1 is 1.29 bits per heavy atom. The lowest BCUT2D eigenvalue weighted by Gasteiger charge is -2.04. The summed E-state index contributed by atoms with van der Waals surface area (Å²) in [6.45, 7) is 0. The Labute approximate surface area is 149 Å². The third-order valence-electron chi connectivity index (χ3n) is 2.78. The van der Waals surface area contributed by atoms with Gasteiger partial charge in [-0.05, 0) is 52.9 Å². The molecule has 2 rings (SSSR count). The van der Waals surface area contributed by atoms with Crippen LogP contribution in [0.5, 0.6) is 5.75 Å². The number of hydrazone groups is 1. The van der Waals surface area contributed by atoms with Gasteiger partial charge in [-0.25, -0.2) is 9.22 Å². The van der Waals surface area contributed by atoms with E-state index in [1.54, 1.807) is 0 Å². The van der Waals surface area contributed by atoms with Crippen molar-refractivity contribution in [3.8, 4) is 5.75 Å². The topological polar surface area (TPSA) is 122 Å². The molecule has 8 nitrogen and oxygen atoms in total. The van der Waals surface area contributed by atoms with Crippen LogP contribution in [0.3, 0.4) is 0 Å². The number of phenols is 1. The molecule has 0 aliphatic rings. The molecular weight excluding hydrogens is 456 g/mol. The van der Waals surface area contributed by atoms with E-state index in [4.69, 9.17) is 0 Å². The van der Waals surface area contributed by atoms with Gasteiger partial charge in [0.1, 0.15) is 5.82 Å². The molecule has 0 heterocycles. The van der Waals surface area contributed by atoms with Crippen molar-refractivity contribution in [2.45, 2.75) is 4.90 Å². The van der Waals surface area contributed by atoms with Crippen molar-refractivity contribution in [1.82, 2.24) is 4.83 Å². The first kappa shape index (κ1) is 18.1. The summed E-state index contributed by atoms with van der Waals surface area (Å²) < 4.78 is 37.1. The van der Waals surface area contributed by atoms with Gasteiger partial charge in [0.05, 0.1) is 16.0 Å². The Bertz CT molecular complexity index is 916. The molecule has 0 saturated carbocycles. The second kappa shape index (κ2) is 7.09. The molecule has 2 aromatic rings. The molecule has 0 radical (unpaired) electrons. The van der Waals surface area contributed by atoms with Crippen molar-refractivity contribution >= 4 is 44.5 Å². The van der Waals surface area contributed by atoms with E-state index in [1.165, 1.54) is 6.07 Å². The van der Waals surface area contributed by atoms with Gasteiger partial charge in [-0.15, -0.1) is 0 Å². The number of benzene rings is 2. The maximum Gasteiger partial charge on any atom is 0.312 e. The highest BCUT2D eigenvalue weighted by atomic mass is 127. The van der Waals surface area contributed by atoms with Crippen molar-refractivity contribution in [3.05, 3.63) is 61.5 Å². The van der Waals surface area contributed by atoms with E-state index in [-0.39, 0.29) is 10.5 Å². The van der Waals surface area contributed by atoms with E-state index in [0.29, 0.717) is 3.57 Å². The minimum Gasteiger partial charge on any atom is -0.502 e. The van der Waals surface area contributed by atoms with E-state index >= 15 is 0 Å². The van der Waals surface area contributed by atoms with Crippen LogP contribution in [0, 0.1) is 19.5 Å². The summed E-state index contributed by atoms with van der Waals surface area (Å²) in [5.74, 6) is -1.22. The van der Waals surface area contributed by atoms with E-state index in [9.17, 15) is 28.0 Å². The van der Waals surface area contributed by atoms with Gasteiger partial charge in [-0.3, -0.25) is 10.1 Å². The molecule has 126 valence electrons. The lowest BCUT2D eigenvalue weighted by Crippen LogP contribution is -2.18. The highest BCUT2D eigenvalue weighted by Gasteiger charge is 2.18. The van der Waals surface area contributed by atoms with E-state index in [0.717, 1.165) is 36.5 Å². The molecule has 0 unspecified atom stereocenters. The summed E-state index contributed by atoms with van der Waals surface area (Å²) in [6.07, 6.45) is 0.936. The van der Waals surface area contributed by atoms with Crippen molar-refractivity contribution in [2.24, 2.45) is 5.10 Å². The van der Waals surface area contributed by atoms with Crippen LogP contribution in [-0.4, -0.2) is 24.7 Å². The predicted octanol–water partition coefficient (Wildman–Crippen LogP) is 2.36. The number of halogens is 2. The quantitative estimate of drug-likeness (QED) is 0.304. The van der Waals surface area contributed by atoms with E-state index in [2.05, 4.69) is 5.10 Å². The van der Waals surface area contributed by atoms with Gasteiger partial charge >= 0.3 is 5.69 Å². The number of nitro groups is 1. The highest BCUT2D eigenvalue weighted by molar-refractivity contribution is 14.1. The summed E-state index contributed by atoms with van der Waals surface area (Å²) in [7, 11) is -4.03. The Kier molecular flexibility index (Phi) is 5.33. The van der Waals surface area contributed by atoms with Crippen LogP contribution in [-0.2, 0) is 10.0 Å². The first-order valence-electron chi connectivity index (χ1n) is 6.18. The standard InChI is InChI=1S/C13H9FIN3O5S/c14-9-1-3-11(4-2-9)24(22,23)17-16-7-8-5-10(15)6-12(13(8)19)18(20)21/h1-7,17,19H/b16-7-. The zero-order valence-corrected chi connectivity index (χ0v) is 14.7. The Balaban J connectivity index is 2.26. The van der Waals surface area contributed by atoms with Crippen molar-refractivity contribution in [1.29, 1.82) is 0 Å². The zero-order chi connectivity index (χ0) is 17.9. The lowest BCUT2D eigenvalue weighted by molar-refractivity contribution is -0.386. The number of nitrogens with zero attached hydrogens (tertiary/aromatic N) is 2. The number of rotatable bonds is 5. The minimum atomic E-state index is -4.03. The van der Waals surface area contributed by atoms with Crippen LogP contribution in [0.25, 0.3) is 0 Å². The molecule has 0 fully saturated rings. The number of aromatic hydroxyl groups is 1. The Hall–Kier alpha value is -2.28. The maximum atomic E-state index is 12.8. The van der Waals surface area contributed by atoms with Crippen LogP contribution >= 0.6 is 22.6 Å². The molecule has 2 N–H and O–H groups in total. The normalized spacial score (nSPS) is 11.6. The van der Waals surface area contributed by atoms with Gasteiger partial charge in [-0.2, -0.15) is 13.5 Å². The van der Waals surface area contributed by atoms with Gasteiger partial charge < -0.3 is 5.11 Å². The van der Waals surface area contributed by atoms with Gasteiger partial charge in [0.2, 0.25) is 5.75 Å². The number of sulfonamides is 1. The average Bonchev–Trinajstić information content (AvgIpc) is 2.50. The molecule has 0 amide bonds. The van der Waals surface area contributed by atoms with E-state index < -0.39 is 32.2 Å². The largest absolute Gasteiger partial charge is 0.502 e. The van der Waals surface area contributed by atoms with Crippen LogP contribution in [0.2, 0.25) is 0 Å². The average molecular weight is 465 g/mol. The highest BCUT2D eigenvalue weighted by Crippen LogP contribution is 2.30. The van der Waals surface area contributed by atoms with Crippen molar-refractivity contribution < 1.29 is 22.8 Å². The van der Waals surface area contributed by atoms with Gasteiger partial charge in [0.25, 0.3) is 10.0 Å². The first-order chi connectivity index (χ1) is 11.2. The summed E-state index contributed by atoms with van der Waals surface area (Å²) >= 11 is 1.81. The molecule has 0 bridgehead atoms. The fraction of sp³-hybridized carbons (Fsp3) is 0. The summed E-state index contributed by atoms with van der Waals surface area (Å²) in [5, 5.41) is 24.1. The Morgan fingerprint density at radius 2 is 1.92 bits per heavy atom. The zero-order valence-electron chi connectivity index (χ0n) is 11.7. The van der Waals surface area contributed by atoms with Gasteiger partial charge in [-0.1, -0.05) is 0 Å². The van der Waals surface area contributed by atoms with Gasteiger partial charge in [0.15, 0.2) is 0 Å². The predicted molar refractivity (Wildman–Crippen MR) is 91.8 cm³/mol. The molecule has 0 atom stereocenters. The molecule has 0 aliphatic carbocycles. The molecule has 0 spiro atoms. The van der Waals surface area contributed by atoms with Crippen molar-refractivity contribution in [3.63, 3.8) is 0 Å². The van der Waals surface area contributed by atoms with E-state index in [1.807, 2.05) is 27.4 Å². The summed E-state index contributed by atoms with van der Waals surface area (Å²) in [4.78, 5) is 11.7. The van der Waals surface area contributed by atoms with Crippen LogP contribution in [0.4, 0.5) is 10.1 Å². The SMILES string of the molecule is O=[N+]([O-])c1cc(I)cc(/C=N\NS(=O)(=O)c2ccc(F)cc2)c1O. The number of nitrogens with one attached hydrogen (secondary N) is 1. The summed E-state index contributed by atoms with van der Waals surface area (Å²) in [5.41, 5.74) is -0.555. The van der Waals surface area contributed by atoms with Crippen molar-refractivity contribution in [2.75, 3.05) is 0 Å². The summed E-state index contributed by atoms with van der Waals surface area (Å²) in [6, 6.07) is 6.62.